The molecule has 0 saturated carbocycles. The number of rotatable bonds is 9. The molecule has 0 bridgehead atoms. The molecule has 6 nitrogen and oxygen atoms in total. The van der Waals surface area contributed by atoms with Gasteiger partial charge >= 0.3 is 5.97 Å². The van der Waals surface area contributed by atoms with Crippen molar-refractivity contribution in [2.45, 2.75) is 33.2 Å². The van der Waals surface area contributed by atoms with Crippen LogP contribution < -0.4 is 5.32 Å². The van der Waals surface area contributed by atoms with Crippen LogP contribution in [-0.2, 0) is 4.79 Å². The van der Waals surface area contributed by atoms with Gasteiger partial charge in [0, 0.05) is 27.0 Å². The molecule has 1 unspecified atom stereocenters. The fourth-order valence-electron chi connectivity index (χ4n) is 3.34. The van der Waals surface area contributed by atoms with Crippen LogP contribution in [0.5, 0.6) is 0 Å². The third-order valence-electron chi connectivity index (χ3n) is 5.09. The summed E-state index contributed by atoms with van der Waals surface area (Å²) >= 11 is 13.8. The molecule has 1 aromatic carbocycles. The predicted octanol–water partition coefficient (Wildman–Crippen LogP) is 6.71. The summed E-state index contributed by atoms with van der Waals surface area (Å²) < 4.78 is 1.93. The van der Waals surface area contributed by atoms with Crippen molar-refractivity contribution in [3.05, 3.63) is 80.1 Å². The molecule has 0 aliphatic carbocycles. The zero-order valence-corrected chi connectivity index (χ0v) is 21.3. The van der Waals surface area contributed by atoms with Crippen LogP contribution in [0.4, 0.5) is 0 Å². The summed E-state index contributed by atoms with van der Waals surface area (Å²) in [5, 5.41) is 17.3. The van der Waals surface area contributed by atoms with Crippen LogP contribution in [-0.4, -0.2) is 33.3 Å². The van der Waals surface area contributed by atoms with Crippen LogP contribution in [0.15, 0.2) is 54.6 Å². The van der Waals surface area contributed by atoms with E-state index in [0.29, 0.717) is 14.9 Å². The van der Waals surface area contributed by atoms with Gasteiger partial charge in [-0.15, -0.1) is 11.3 Å². The van der Waals surface area contributed by atoms with Gasteiger partial charge in [0.25, 0.3) is 5.91 Å². The molecule has 1 atom stereocenters. The number of aliphatic carboxylic acids is 1. The Morgan fingerprint density at radius 2 is 1.91 bits per heavy atom. The maximum atomic E-state index is 12.4. The molecule has 9 heteroatoms. The molecule has 0 aliphatic rings. The number of carboxylic acids is 1. The zero-order valence-electron chi connectivity index (χ0n) is 19.0. The largest absolute Gasteiger partial charge is 0.481 e. The molecule has 0 fully saturated rings. The summed E-state index contributed by atoms with van der Waals surface area (Å²) in [6, 6.07) is 10.8. The lowest BCUT2D eigenvalue weighted by atomic mass is 10.1. The molecular formula is C25H25Cl2N3O3S. The Bertz CT molecular complexity index is 1240. The summed E-state index contributed by atoms with van der Waals surface area (Å²) in [5.74, 6) is -1.24. The number of hydrogen-bond donors (Lipinski definition) is 2. The van der Waals surface area contributed by atoms with E-state index in [0.717, 1.165) is 27.4 Å². The van der Waals surface area contributed by atoms with E-state index in [1.54, 1.807) is 12.1 Å². The molecule has 0 spiro atoms. The molecule has 34 heavy (non-hydrogen) atoms. The number of benzene rings is 1. The van der Waals surface area contributed by atoms with Gasteiger partial charge in [-0.3, -0.25) is 14.3 Å². The third-order valence-corrected chi connectivity index (χ3v) is 6.78. The first kappa shape index (κ1) is 25.7. The normalized spacial score (nSPS) is 12.8. The number of aromatic nitrogens is 2. The van der Waals surface area contributed by atoms with Crippen molar-refractivity contribution in [2.75, 3.05) is 6.54 Å². The van der Waals surface area contributed by atoms with E-state index in [1.807, 2.05) is 67.9 Å². The predicted molar refractivity (Wildman–Crippen MR) is 139 cm³/mol. The fourth-order valence-corrected chi connectivity index (χ4v) is 4.83. The summed E-state index contributed by atoms with van der Waals surface area (Å²) in [6.45, 7) is 6.08. The summed E-state index contributed by atoms with van der Waals surface area (Å²) in [5.41, 5.74) is 3.51. The van der Waals surface area contributed by atoms with Gasteiger partial charge in [-0.05, 0) is 62.7 Å². The van der Waals surface area contributed by atoms with Crippen molar-refractivity contribution in [1.29, 1.82) is 0 Å². The SMILES string of the molecule is CC=CC=C(C)c1cc(-c2cc(Cl)cc(Cl)c2)nn1C(C)c1ccc(C(=O)NCCC(=O)O)s1. The number of nitrogens with zero attached hydrogens (tertiary/aromatic N) is 2. The second-order valence-corrected chi connectivity index (χ2v) is 9.66. The van der Waals surface area contributed by atoms with Crippen molar-refractivity contribution in [1.82, 2.24) is 15.1 Å². The highest BCUT2D eigenvalue weighted by atomic mass is 35.5. The van der Waals surface area contributed by atoms with Gasteiger partial charge in [0.15, 0.2) is 0 Å². The average Bonchev–Trinajstić information content (AvgIpc) is 3.44. The first-order valence-electron chi connectivity index (χ1n) is 10.6. The van der Waals surface area contributed by atoms with Crippen molar-refractivity contribution in [3.63, 3.8) is 0 Å². The maximum absolute atomic E-state index is 12.4. The van der Waals surface area contributed by atoms with Gasteiger partial charge < -0.3 is 10.4 Å². The second kappa shape index (κ2) is 11.5. The van der Waals surface area contributed by atoms with Crippen LogP contribution >= 0.6 is 34.5 Å². The van der Waals surface area contributed by atoms with Crippen molar-refractivity contribution >= 4 is 52.0 Å². The Morgan fingerprint density at radius 1 is 1.21 bits per heavy atom. The Labute approximate surface area is 212 Å². The zero-order chi connectivity index (χ0) is 24.8. The number of carbonyl (C=O) groups is 2. The molecule has 0 saturated heterocycles. The number of nitrogens with one attached hydrogen (secondary N) is 1. The van der Waals surface area contributed by atoms with Crippen LogP contribution in [0.1, 0.15) is 53.5 Å². The molecule has 2 N–H and O–H groups in total. The second-order valence-electron chi connectivity index (χ2n) is 7.67. The number of hydrogen-bond acceptors (Lipinski definition) is 4. The number of amides is 1. The first-order chi connectivity index (χ1) is 16.2. The summed E-state index contributed by atoms with van der Waals surface area (Å²) in [7, 11) is 0. The lowest BCUT2D eigenvalue weighted by Gasteiger charge is -2.14. The van der Waals surface area contributed by atoms with Crippen LogP contribution in [0.25, 0.3) is 16.8 Å². The van der Waals surface area contributed by atoms with Crippen LogP contribution in [0.3, 0.4) is 0 Å². The minimum absolute atomic E-state index is 0.0841. The highest BCUT2D eigenvalue weighted by molar-refractivity contribution is 7.14. The Hall–Kier alpha value is -2.87. The highest BCUT2D eigenvalue weighted by Crippen LogP contribution is 2.33. The number of thiophene rings is 1. The van der Waals surface area contributed by atoms with E-state index < -0.39 is 5.97 Å². The first-order valence-corrected chi connectivity index (χ1v) is 12.2. The molecule has 2 heterocycles. The topological polar surface area (TPSA) is 84.2 Å². The lowest BCUT2D eigenvalue weighted by Crippen LogP contribution is -2.25. The number of carbonyl (C=O) groups excluding carboxylic acids is 1. The summed E-state index contributed by atoms with van der Waals surface area (Å²) in [4.78, 5) is 24.5. The maximum Gasteiger partial charge on any atom is 0.305 e. The van der Waals surface area contributed by atoms with Gasteiger partial charge in [0.2, 0.25) is 0 Å². The van der Waals surface area contributed by atoms with Gasteiger partial charge in [-0.25, -0.2) is 0 Å². The molecule has 0 radical (unpaired) electrons. The third kappa shape index (κ3) is 6.38. The molecule has 0 aliphatic heterocycles. The van der Waals surface area contributed by atoms with E-state index in [-0.39, 0.29) is 24.9 Å². The quantitative estimate of drug-likeness (QED) is 0.309. The molecule has 3 aromatic rings. The highest BCUT2D eigenvalue weighted by Gasteiger charge is 2.20. The van der Waals surface area contributed by atoms with Gasteiger partial charge in [0.05, 0.1) is 28.7 Å². The van der Waals surface area contributed by atoms with Crippen molar-refractivity contribution in [2.24, 2.45) is 0 Å². The van der Waals surface area contributed by atoms with E-state index >= 15 is 0 Å². The average molecular weight is 518 g/mol. The molecule has 3 rings (SSSR count). The smallest absolute Gasteiger partial charge is 0.305 e. The number of carboxylic acid groups (broad SMARTS) is 1. The van der Waals surface area contributed by atoms with Crippen molar-refractivity contribution in [3.8, 4) is 11.3 Å². The van der Waals surface area contributed by atoms with E-state index in [9.17, 15) is 9.59 Å². The minimum Gasteiger partial charge on any atom is -0.481 e. The van der Waals surface area contributed by atoms with Gasteiger partial charge in [0.1, 0.15) is 0 Å². The Morgan fingerprint density at radius 3 is 2.56 bits per heavy atom. The van der Waals surface area contributed by atoms with Gasteiger partial charge in [-0.1, -0.05) is 41.4 Å². The molecule has 178 valence electrons. The molecule has 2 aromatic heterocycles. The Kier molecular flexibility index (Phi) is 8.72. The van der Waals surface area contributed by atoms with Crippen LogP contribution in [0, 0.1) is 0 Å². The van der Waals surface area contributed by atoms with E-state index in [1.165, 1.54) is 11.3 Å². The minimum atomic E-state index is -0.954. The number of halogens is 2. The molecule has 1 amide bonds. The standard InChI is InChI=1S/C25H25Cl2N3O3S/c1-4-5-6-15(2)21-14-20(17-11-18(26)13-19(27)12-17)29-30(21)16(3)22-7-8-23(34-22)25(33)28-10-9-24(31)32/h4-8,11-14,16H,9-10H2,1-3H3,(H,28,33)(H,31,32). The van der Waals surface area contributed by atoms with E-state index in [2.05, 4.69) is 5.32 Å². The Balaban J connectivity index is 1.96. The van der Waals surface area contributed by atoms with E-state index in [4.69, 9.17) is 33.4 Å². The monoisotopic (exact) mass is 517 g/mol. The lowest BCUT2D eigenvalue weighted by molar-refractivity contribution is -0.136. The van der Waals surface area contributed by atoms with Gasteiger partial charge in [-0.2, -0.15) is 5.10 Å². The summed E-state index contributed by atoms with van der Waals surface area (Å²) in [6.07, 6.45) is 5.83. The van der Waals surface area contributed by atoms with Crippen LogP contribution in [0.2, 0.25) is 10.0 Å². The fraction of sp³-hybridized carbons (Fsp3) is 0.240. The molecular weight excluding hydrogens is 493 g/mol. The number of allylic oxidation sites excluding steroid dienone is 4. The van der Waals surface area contributed by atoms with Crippen molar-refractivity contribution < 1.29 is 14.7 Å².